The Morgan fingerprint density at radius 1 is 1.36 bits per heavy atom. The molecule has 0 radical (unpaired) electrons. The van der Waals surface area contributed by atoms with Crippen molar-refractivity contribution in [3.05, 3.63) is 29.6 Å². The molecule has 25 heavy (non-hydrogen) atoms. The third kappa shape index (κ3) is 6.40. The van der Waals surface area contributed by atoms with E-state index in [0.717, 1.165) is 51.6 Å². The number of likely N-dealkylation sites (N-methyl/N-ethyl adjacent to an activating group) is 1. The molecule has 2 rings (SSSR count). The van der Waals surface area contributed by atoms with E-state index in [1.54, 1.807) is 0 Å². The van der Waals surface area contributed by atoms with Gasteiger partial charge in [-0.05, 0) is 57.0 Å². The number of aliphatic imine (C=N–C) groups is 1. The van der Waals surface area contributed by atoms with Gasteiger partial charge >= 0.3 is 0 Å². The van der Waals surface area contributed by atoms with Crippen molar-refractivity contribution >= 4 is 29.9 Å². The molecule has 0 saturated carbocycles. The summed E-state index contributed by atoms with van der Waals surface area (Å²) in [5.74, 6) is 1.07. The van der Waals surface area contributed by atoms with Crippen LogP contribution in [0.3, 0.4) is 0 Å². The molecule has 1 aliphatic heterocycles. The van der Waals surface area contributed by atoms with Crippen LogP contribution in [0.1, 0.15) is 38.3 Å². The van der Waals surface area contributed by atoms with Crippen molar-refractivity contribution in [1.82, 2.24) is 20.1 Å². The van der Waals surface area contributed by atoms with E-state index in [1.807, 2.05) is 12.4 Å². The van der Waals surface area contributed by atoms with Crippen LogP contribution in [0.2, 0.25) is 0 Å². The molecule has 1 aliphatic rings. The van der Waals surface area contributed by atoms with Crippen molar-refractivity contribution in [2.45, 2.75) is 46.6 Å². The van der Waals surface area contributed by atoms with Gasteiger partial charge in [-0.15, -0.1) is 24.0 Å². The molecule has 1 unspecified atom stereocenters. The Labute approximate surface area is 170 Å². The van der Waals surface area contributed by atoms with Crippen LogP contribution in [0.15, 0.2) is 23.5 Å². The van der Waals surface area contributed by atoms with E-state index in [4.69, 9.17) is 4.99 Å². The van der Waals surface area contributed by atoms with Gasteiger partial charge < -0.3 is 10.2 Å². The molecule has 1 N–H and O–H groups in total. The van der Waals surface area contributed by atoms with Crippen LogP contribution in [0.5, 0.6) is 0 Å². The van der Waals surface area contributed by atoms with E-state index in [9.17, 15) is 0 Å². The van der Waals surface area contributed by atoms with Gasteiger partial charge in [0.2, 0.25) is 0 Å². The zero-order valence-electron chi connectivity index (χ0n) is 16.2. The van der Waals surface area contributed by atoms with Crippen LogP contribution < -0.4 is 5.32 Å². The highest BCUT2D eigenvalue weighted by Gasteiger charge is 2.27. The van der Waals surface area contributed by atoms with Crippen LogP contribution in [-0.4, -0.2) is 66.1 Å². The molecule has 5 nitrogen and oxygen atoms in total. The molecule has 1 fully saturated rings. The maximum atomic E-state index is 4.87. The second-order valence-corrected chi connectivity index (χ2v) is 6.40. The fourth-order valence-electron chi connectivity index (χ4n) is 3.46. The molecule has 0 amide bonds. The highest BCUT2D eigenvalue weighted by molar-refractivity contribution is 14.0. The Bertz CT molecular complexity index is 530. The number of aromatic nitrogens is 1. The Morgan fingerprint density at radius 2 is 2.12 bits per heavy atom. The first-order chi connectivity index (χ1) is 11.7. The Balaban J connectivity index is 0.00000312. The van der Waals surface area contributed by atoms with Gasteiger partial charge in [0, 0.05) is 44.6 Å². The minimum absolute atomic E-state index is 0. The summed E-state index contributed by atoms with van der Waals surface area (Å²) in [6.07, 6.45) is 6.00. The second-order valence-electron chi connectivity index (χ2n) is 6.40. The summed E-state index contributed by atoms with van der Waals surface area (Å²) in [5.41, 5.74) is 2.59. The molecule has 0 aliphatic carbocycles. The van der Waals surface area contributed by atoms with Gasteiger partial charge in [0.05, 0.1) is 0 Å². The highest BCUT2D eigenvalue weighted by atomic mass is 127. The largest absolute Gasteiger partial charge is 0.357 e. The Morgan fingerprint density at radius 3 is 2.76 bits per heavy atom. The first-order valence-electron chi connectivity index (χ1n) is 9.36. The summed E-state index contributed by atoms with van der Waals surface area (Å²) in [5, 5.41) is 3.47. The molecule has 0 aromatic carbocycles. The van der Waals surface area contributed by atoms with Gasteiger partial charge in [0.1, 0.15) is 0 Å². The number of likely N-dealkylation sites (tertiary alicyclic amines) is 1. The molecule has 0 bridgehead atoms. The fraction of sp³-hybridized carbons (Fsp3) is 0.684. The predicted molar refractivity (Wildman–Crippen MR) is 117 cm³/mol. The summed E-state index contributed by atoms with van der Waals surface area (Å²) in [6, 6.07) is 2.76. The molecule has 142 valence electrons. The topological polar surface area (TPSA) is 43.8 Å². The number of aryl methyl sites for hydroxylation is 1. The third-order valence-corrected chi connectivity index (χ3v) is 4.91. The molecule has 2 heterocycles. The van der Waals surface area contributed by atoms with E-state index >= 15 is 0 Å². The van der Waals surface area contributed by atoms with Gasteiger partial charge in [0.25, 0.3) is 0 Å². The fourth-order valence-corrected chi connectivity index (χ4v) is 3.46. The van der Waals surface area contributed by atoms with Gasteiger partial charge in [-0.2, -0.15) is 0 Å². The van der Waals surface area contributed by atoms with Crippen molar-refractivity contribution < 1.29 is 0 Å². The molecule has 1 atom stereocenters. The highest BCUT2D eigenvalue weighted by Crippen LogP contribution is 2.15. The van der Waals surface area contributed by atoms with Crippen LogP contribution in [-0.2, 0) is 6.42 Å². The zero-order chi connectivity index (χ0) is 17.4. The number of halogens is 1. The summed E-state index contributed by atoms with van der Waals surface area (Å²) in [4.78, 5) is 14.0. The third-order valence-electron chi connectivity index (χ3n) is 4.91. The molecule has 1 saturated heterocycles. The Hall–Kier alpha value is -0.890. The minimum atomic E-state index is 0. The smallest absolute Gasteiger partial charge is 0.193 e. The van der Waals surface area contributed by atoms with Crippen LogP contribution in [0.25, 0.3) is 0 Å². The number of nitrogens with one attached hydrogen (secondary N) is 1. The normalized spacial score (nSPS) is 17.7. The second kappa shape index (κ2) is 11.7. The SMILES string of the molecule is CCNC(=NCCc1ccncc1C)N1CCC(N(CC)CC)C1.I. The molecule has 1 aromatic rings. The summed E-state index contributed by atoms with van der Waals surface area (Å²) >= 11 is 0. The van der Waals surface area contributed by atoms with E-state index < -0.39 is 0 Å². The number of hydrogen-bond acceptors (Lipinski definition) is 3. The van der Waals surface area contributed by atoms with Crippen LogP contribution in [0.4, 0.5) is 0 Å². The molecule has 0 spiro atoms. The van der Waals surface area contributed by atoms with E-state index in [0.29, 0.717) is 6.04 Å². The lowest BCUT2D eigenvalue weighted by Crippen LogP contribution is -2.43. The van der Waals surface area contributed by atoms with E-state index in [2.05, 4.69) is 53.9 Å². The summed E-state index contributed by atoms with van der Waals surface area (Å²) < 4.78 is 0. The van der Waals surface area contributed by atoms with Gasteiger partial charge in [-0.1, -0.05) is 13.8 Å². The number of hydrogen-bond donors (Lipinski definition) is 1. The lowest BCUT2D eigenvalue weighted by atomic mass is 10.1. The van der Waals surface area contributed by atoms with Crippen molar-refractivity contribution in [1.29, 1.82) is 0 Å². The standard InChI is InChI=1S/C19H33N5.HI/c1-5-21-19(22-12-9-17-8-11-20-14-16(17)4)24-13-10-18(15-24)23(6-2)7-3;/h8,11,14,18H,5-7,9-10,12-13,15H2,1-4H3,(H,21,22);1H. The maximum absolute atomic E-state index is 4.87. The Kier molecular flexibility index (Phi) is 10.3. The maximum Gasteiger partial charge on any atom is 0.193 e. The molecule has 1 aromatic heterocycles. The first-order valence-corrected chi connectivity index (χ1v) is 9.36. The average molecular weight is 459 g/mol. The van der Waals surface area contributed by atoms with Gasteiger partial charge in [-0.3, -0.25) is 14.9 Å². The summed E-state index contributed by atoms with van der Waals surface area (Å²) in [6.45, 7) is 14.9. The predicted octanol–water partition coefficient (Wildman–Crippen LogP) is 2.93. The van der Waals surface area contributed by atoms with E-state index in [1.165, 1.54) is 17.5 Å². The molecule has 6 heteroatoms. The van der Waals surface area contributed by atoms with Crippen molar-refractivity contribution in [2.24, 2.45) is 4.99 Å². The number of nitrogens with zero attached hydrogens (tertiary/aromatic N) is 4. The number of pyridine rings is 1. The quantitative estimate of drug-likeness (QED) is 0.387. The monoisotopic (exact) mass is 459 g/mol. The molecular weight excluding hydrogens is 425 g/mol. The summed E-state index contributed by atoms with van der Waals surface area (Å²) in [7, 11) is 0. The minimum Gasteiger partial charge on any atom is -0.357 e. The molecular formula is C19H34IN5. The van der Waals surface area contributed by atoms with Gasteiger partial charge in [-0.25, -0.2) is 0 Å². The van der Waals surface area contributed by atoms with Crippen molar-refractivity contribution in [2.75, 3.05) is 39.3 Å². The van der Waals surface area contributed by atoms with Crippen LogP contribution in [0, 0.1) is 6.92 Å². The van der Waals surface area contributed by atoms with Crippen LogP contribution >= 0.6 is 24.0 Å². The van der Waals surface area contributed by atoms with Gasteiger partial charge in [0.15, 0.2) is 5.96 Å². The number of rotatable bonds is 7. The lowest BCUT2D eigenvalue weighted by molar-refractivity contribution is 0.223. The van der Waals surface area contributed by atoms with Crippen molar-refractivity contribution in [3.63, 3.8) is 0 Å². The zero-order valence-corrected chi connectivity index (χ0v) is 18.5. The average Bonchev–Trinajstić information content (AvgIpc) is 3.06. The first kappa shape index (κ1) is 22.2. The lowest BCUT2D eigenvalue weighted by Gasteiger charge is -2.27. The van der Waals surface area contributed by atoms with Crippen molar-refractivity contribution in [3.8, 4) is 0 Å². The number of guanidine groups is 1. The van der Waals surface area contributed by atoms with E-state index in [-0.39, 0.29) is 24.0 Å².